The highest BCUT2D eigenvalue weighted by Crippen LogP contribution is 2.42. The molecule has 1 fully saturated rings. The molecule has 5 N–H and O–H groups in total. The fourth-order valence-corrected chi connectivity index (χ4v) is 13.0. The molecule has 24 nitrogen and oxygen atoms in total. The molecule has 1 aliphatic heterocycles. The lowest BCUT2D eigenvalue weighted by Crippen LogP contribution is -2.45. The molecule has 0 unspecified atom stereocenters. The van der Waals surface area contributed by atoms with Crippen LogP contribution in [0.25, 0.3) is 11.4 Å². The number of alkyl carbamates (subject to hydrolysis) is 2. The maximum absolute atomic E-state index is 16.1. The molecule has 426 valence electrons. The molecule has 1 saturated heterocycles. The Labute approximate surface area is 456 Å². The van der Waals surface area contributed by atoms with Gasteiger partial charge in [0.15, 0.2) is 0 Å². The summed E-state index contributed by atoms with van der Waals surface area (Å²) in [6.07, 6.45) is -2.98. The number of tetrazole rings is 1. The normalized spacial score (nSPS) is 14.2. The lowest BCUT2D eigenvalue weighted by atomic mass is 10.1. The number of hydrogen-bond acceptors (Lipinski definition) is 18. The molecule has 1 aliphatic rings. The Hall–Kier alpha value is -6.62. The van der Waals surface area contributed by atoms with Crippen LogP contribution in [-0.4, -0.2) is 150 Å². The van der Waals surface area contributed by atoms with Gasteiger partial charge < -0.3 is 44.3 Å². The second-order valence-electron chi connectivity index (χ2n) is 20.2. The molecule has 4 aromatic carbocycles. The van der Waals surface area contributed by atoms with Gasteiger partial charge in [-0.15, -0.1) is 10.2 Å². The van der Waals surface area contributed by atoms with Crippen molar-refractivity contribution < 1.29 is 63.6 Å². The highest BCUT2D eigenvalue weighted by molar-refractivity contribution is 7.92. The van der Waals surface area contributed by atoms with Gasteiger partial charge in [-0.1, -0.05) is 36.4 Å². The van der Waals surface area contributed by atoms with Gasteiger partial charge in [-0.2, -0.15) is 9.10 Å². The average Bonchev–Trinajstić information content (AvgIpc) is 3.99. The fraction of sp³-hybridized carbons (Fsp3) is 0.471. The van der Waals surface area contributed by atoms with Crippen molar-refractivity contribution in [3.05, 3.63) is 102 Å². The van der Waals surface area contributed by atoms with Gasteiger partial charge in [0.1, 0.15) is 38.2 Å². The van der Waals surface area contributed by atoms with Gasteiger partial charge >= 0.3 is 12.2 Å². The zero-order valence-electron chi connectivity index (χ0n) is 45.2. The predicted molar refractivity (Wildman–Crippen MR) is 290 cm³/mol. The Kier molecular flexibility index (Phi) is 20.1. The van der Waals surface area contributed by atoms with Gasteiger partial charge in [0.05, 0.1) is 44.8 Å². The smallest absolute Gasteiger partial charge is 0.407 e. The number of carbonyl (C=O) groups excluding carboxylic acids is 2. The molecule has 2 heterocycles. The quantitative estimate of drug-likeness (QED) is 0.0536. The average molecular weight is 1140 g/mol. The molecule has 1 aromatic heterocycles. The van der Waals surface area contributed by atoms with Crippen molar-refractivity contribution in [2.24, 2.45) is 0 Å². The van der Waals surface area contributed by atoms with Crippen LogP contribution in [0.1, 0.15) is 71.1 Å². The second-order valence-corrected chi connectivity index (χ2v) is 25.8. The molecular weight excluding hydrogens is 1070 g/mol. The van der Waals surface area contributed by atoms with Crippen molar-refractivity contribution in [2.75, 3.05) is 65.5 Å². The molecule has 0 radical (unpaired) electrons. The standard InChI is InChI=1S/C51H70N10O14S3/c1-50(2,3)74-48(63)52-26-27-54-76(65,66)42-24-28-59(29-25-42)43-22-23-44(77(67,68)55-31-38(62)30-53-49(64)75-51(4,5)6)46(45(43)47-56-58-61(57-47)34-37-14-20-41(73-9)21-15-37)78(69,70)60(32-35-10-16-39(71-7)17-11-35)33-36-12-18-40(72-8)19-13-36/h10-23,38,42,54-55,62H,24-34H2,1-9H3,(H,52,63)(H,53,64)/t38-/m1/s1. The number of aliphatic hydroxyl groups is 1. The summed E-state index contributed by atoms with van der Waals surface area (Å²) in [7, 11) is -9.45. The van der Waals surface area contributed by atoms with E-state index < -0.39 is 87.7 Å². The number of piperidine rings is 1. The van der Waals surface area contributed by atoms with Crippen molar-refractivity contribution in [3.63, 3.8) is 0 Å². The second kappa shape index (κ2) is 25.9. The van der Waals surface area contributed by atoms with Crippen molar-refractivity contribution in [2.45, 2.75) is 106 Å². The van der Waals surface area contributed by atoms with Crippen molar-refractivity contribution in [1.29, 1.82) is 0 Å². The summed E-state index contributed by atoms with van der Waals surface area (Å²) in [5.41, 5.74) is 0.0190. The molecule has 0 spiro atoms. The summed E-state index contributed by atoms with van der Waals surface area (Å²) in [5.74, 6) is 1.33. The molecule has 0 aliphatic carbocycles. The highest BCUT2D eigenvalue weighted by Gasteiger charge is 2.40. The van der Waals surface area contributed by atoms with Gasteiger partial charge in [-0.3, -0.25) is 0 Å². The number of ether oxygens (including phenoxy) is 5. The molecule has 27 heteroatoms. The third-order valence-corrected chi connectivity index (χ3v) is 17.3. The van der Waals surface area contributed by atoms with Crippen LogP contribution >= 0.6 is 0 Å². The number of hydrogen-bond donors (Lipinski definition) is 5. The minimum atomic E-state index is -5.07. The number of anilines is 1. The minimum absolute atomic E-state index is 0.0385. The molecule has 1 atom stereocenters. The summed E-state index contributed by atoms with van der Waals surface area (Å²) in [4.78, 5) is 26.1. The summed E-state index contributed by atoms with van der Waals surface area (Å²) < 4.78 is 122. The molecule has 0 saturated carbocycles. The minimum Gasteiger partial charge on any atom is -0.497 e. The van der Waals surface area contributed by atoms with Gasteiger partial charge in [0, 0.05) is 58.0 Å². The van der Waals surface area contributed by atoms with Gasteiger partial charge in [-0.25, -0.2) is 44.3 Å². The van der Waals surface area contributed by atoms with E-state index in [2.05, 4.69) is 35.5 Å². The number of nitrogens with one attached hydrogen (secondary N) is 4. The van der Waals surface area contributed by atoms with E-state index in [0.717, 1.165) is 15.9 Å². The molecule has 6 rings (SSSR count). The number of carbonyl (C=O) groups is 2. The first kappa shape index (κ1) is 60.6. The predicted octanol–water partition coefficient (Wildman–Crippen LogP) is 4.38. The SMILES string of the molecule is COc1ccc(CN(Cc2ccc(OC)cc2)S(=O)(=O)c2c(S(=O)(=O)NC[C@H](O)CNC(=O)OC(C)(C)C)ccc(N3CCC(S(=O)(=O)NCCNC(=O)OC(C)(C)C)CC3)c2-c2nnn(Cc3ccc(OC)cc3)n2)cc1. The molecule has 5 aromatic rings. The first-order chi connectivity index (χ1) is 36.7. The van der Waals surface area contributed by atoms with E-state index >= 15 is 8.42 Å². The fourth-order valence-electron chi connectivity index (χ4n) is 8.10. The third kappa shape index (κ3) is 16.9. The van der Waals surface area contributed by atoms with E-state index in [9.17, 15) is 31.5 Å². The number of aromatic nitrogens is 4. The van der Waals surface area contributed by atoms with E-state index in [1.807, 2.05) is 0 Å². The number of amides is 2. The van der Waals surface area contributed by atoms with Crippen LogP contribution in [0.3, 0.4) is 0 Å². The van der Waals surface area contributed by atoms with E-state index in [-0.39, 0.29) is 75.7 Å². The highest BCUT2D eigenvalue weighted by atomic mass is 32.2. The molecule has 0 bridgehead atoms. The Balaban J connectivity index is 1.47. The maximum Gasteiger partial charge on any atom is 0.407 e. The number of benzene rings is 4. The topological polar surface area (TPSA) is 301 Å². The Morgan fingerprint density at radius 2 is 1.18 bits per heavy atom. The van der Waals surface area contributed by atoms with Crippen LogP contribution in [-0.2, 0) is 59.2 Å². The van der Waals surface area contributed by atoms with E-state index in [0.29, 0.717) is 28.4 Å². The molecular formula is C51H70N10O14S3. The first-order valence-electron chi connectivity index (χ1n) is 24.9. The zero-order chi connectivity index (χ0) is 57.1. The van der Waals surface area contributed by atoms with Crippen LogP contribution in [0, 0.1) is 0 Å². The monoisotopic (exact) mass is 1140 g/mol. The summed E-state index contributed by atoms with van der Waals surface area (Å²) in [6, 6.07) is 22.9. The number of nitrogens with zero attached hydrogens (tertiary/aromatic N) is 6. The number of methoxy groups -OCH3 is 3. The van der Waals surface area contributed by atoms with E-state index in [1.54, 1.807) is 119 Å². The largest absolute Gasteiger partial charge is 0.497 e. The number of aliphatic hydroxyl groups excluding tert-OH is 1. The van der Waals surface area contributed by atoms with Crippen LogP contribution in [0.4, 0.5) is 15.3 Å². The number of rotatable bonds is 24. The van der Waals surface area contributed by atoms with Crippen LogP contribution in [0.2, 0.25) is 0 Å². The summed E-state index contributed by atoms with van der Waals surface area (Å²) in [6.45, 7) is 8.34. The van der Waals surface area contributed by atoms with Gasteiger partial charge in [0.25, 0.3) is 0 Å². The Bertz CT molecular complexity index is 3110. The number of sulfonamides is 3. The van der Waals surface area contributed by atoms with Crippen molar-refractivity contribution >= 4 is 47.9 Å². The first-order valence-corrected chi connectivity index (χ1v) is 29.4. The van der Waals surface area contributed by atoms with Gasteiger partial charge in [0.2, 0.25) is 35.9 Å². The van der Waals surface area contributed by atoms with Crippen LogP contribution in [0.15, 0.2) is 94.7 Å². The van der Waals surface area contributed by atoms with Gasteiger partial charge in [-0.05, 0) is 125 Å². The van der Waals surface area contributed by atoms with E-state index in [1.165, 1.54) is 32.2 Å². The summed E-state index contributed by atoms with van der Waals surface area (Å²) in [5, 5.41) is 28.3. The summed E-state index contributed by atoms with van der Waals surface area (Å²) >= 11 is 0. The van der Waals surface area contributed by atoms with Crippen molar-refractivity contribution in [3.8, 4) is 28.6 Å². The van der Waals surface area contributed by atoms with Crippen LogP contribution < -0.4 is 39.2 Å². The van der Waals surface area contributed by atoms with E-state index in [4.69, 9.17) is 23.7 Å². The molecule has 78 heavy (non-hydrogen) atoms. The lowest BCUT2D eigenvalue weighted by molar-refractivity contribution is 0.0491. The Morgan fingerprint density at radius 3 is 1.68 bits per heavy atom. The molecule has 2 amide bonds. The zero-order valence-corrected chi connectivity index (χ0v) is 47.6. The van der Waals surface area contributed by atoms with Crippen molar-refractivity contribution in [1.82, 2.24) is 44.6 Å². The van der Waals surface area contributed by atoms with Crippen LogP contribution in [0.5, 0.6) is 17.2 Å². The maximum atomic E-state index is 16.1. The Morgan fingerprint density at radius 1 is 0.679 bits per heavy atom. The lowest BCUT2D eigenvalue weighted by Gasteiger charge is -2.35. The third-order valence-electron chi connectivity index (χ3n) is 11.9.